The van der Waals surface area contributed by atoms with Crippen LogP contribution in [0, 0.1) is 0 Å². The predicted molar refractivity (Wildman–Crippen MR) is 74.0 cm³/mol. The molecule has 0 saturated carbocycles. The molecule has 0 aliphatic rings. The second kappa shape index (κ2) is 6.95. The first-order valence-electron chi connectivity index (χ1n) is 6.52. The number of hydrogen-bond acceptors (Lipinski definition) is 4. The van der Waals surface area contributed by atoms with Gasteiger partial charge in [0.25, 0.3) is 11.5 Å². The zero-order valence-electron chi connectivity index (χ0n) is 11.7. The Labute approximate surface area is 128 Å². The second-order valence-corrected chi connectivity index (χ2v) is 4.50. The van der Waals surface area contributed by atoms with Gasteiger partial charge in [-0.1, -0.05) is 12.1 Å². The maximum atomic E-state index is 12.0. The van der Waals surface area contributed by atoms with Crippen LogP contribution in [0.5, 0.6) is 5.75 Å². The van der Waals surface area contributed by atoms with Gasteiger partial charge in [-0.2, -0.15) is 5.10 Å². The summed E-state index contributed by atoms with van der Waals surface area (Å²) in [5, 5.41) is 8.30. The lowest BCUT2D eigenvalue weighted by Crippen LogP contribution is -2.27. The van der Waals surface area contributed by atoms with Gasteiger partial charge in [-0.15, -0.1) is 13.2 Å². The molecule has 0 aliphatic carbocycles. The third-order valence-electron chi connectivity index (χ3n) is 2.77. The SMILES string of the molecule is O=C(NCCc1ccc(OC(F)(F)F)cc1)c1ccc(=O)[nH]n1. The van der Waals surface area contributed by atoms with Crippen LogP contribution in [0.4, 0.5) is 13.2 Å². The van der Waals surface area contributed by atoms with Gasteiger partial charge in [-0.05, 0) is 30.2 Å². The van der Waals surface area contributed by atoms with Crippen LogP contribution < -0.4 is 15.6 Å². The number of rotatable bonds is 5. The maximum absolute atomic E-state index is 12.0. The van der Waals surface area contributed by atoms with Crippen molar-refractivity contribution in [2.45, 2.75) is 12.8 Å². The lowest BCUT2D eigenvalue weighted by Gasteiger charge is -2.09. The molecule has 2 aromatic rings. The number of alkyl halides is 3. The van der Waals surface area contributed by atoms with Crippen LogP contribution in [0.1, 0.15) is 16.1 Å². The van der Waals surface area contributed by atoms with Gasteiger partial charge >= 0.3 is 6.36 Å². The molecular weight excluding hydrogens is 315 g/mol. The van der Waals surface area contributed by atoms with Gasteiger partial charge in [0.1, 0.15) is 11.4 Å². The van der Waals surface area contributed by atoms with Crippen molar-refractivity contribution >= 4 is 5.91 Å². The van der Waals surface area contributed by atoms with Gasteiger partial charge in [0.15, 0.2) is 0 Å². The lowest BCUT2D eigenvalue weighted by atomic mass is 10.1. The summed E-state index contributed by atoms with van der Waals surface area (Å²) in [6, 6.07) is 7.83. The first kappa shape index (κ1) is 16.5. The molecule has 9 heteroatoms. The highest BCUT2D eigenvalue weighted by molar-refractivity contribution is 5.91. The van der Waals surface area contributed by atoms with E-state index >= 15 is 0 Å². The molecule has 1 aromatic carbocycles. The highest BCUT2D eigenvalue weighted by Gasteiger charge is 2.30. The zero-order chi connectivity index (χ0) is 16.9. The first-order valence-corrected chi connectivity index (χ1v) is 6.52. The average Bonchev–Trinajstić information content (AvgIpc) is 2.48. The Hall–Kier alpha value is -2.84. The first-order chi connectivity index (χ1) is 10.8. The molecule has 0 saturated heterocycles. The maximum Gasteiger partial charge on any atom is 0.573 e. The van der Waals surface area contributed by atoms with Crippen molar-refractivity contribution in [1.82, 2.24) is 15.5 Å². The Bertz CT molecular complexity index is 706. The van der Waals surface area contributed by atoms with E-state index in [9.17, 15) is 22.8 Å². The number of carbonyl (C=O) groups is 1. The van der Waals surface area contributed by atoms with Crippen molar-refractivity contribution < 1.29 is 22.7 Å². The number of H-pyrrole nitrogens is 1. The number of nitrogens with zero attached hydrogens (tertiary/aromatic N) is 1. The summed E-state index contributed by atoms with van der Waals surface area (Å²) in [4.78, 5) is 22.5. The molecule has 2 N–H and O–H groups in total. The van der Waals surface area contributed by atoms with Crippen molar-refractivity contribution in [3.05, 3.63) is 58.0 Å². The largest absolute Gasteiger partial charge is 0.573 e. The van der Waals surface area contributed by atoms with Crippen LogP contribution in [0.2, 0.25) is 0 Å². The molecule has 0 bridgehead atoms. The number of benzene rings is 1. The Balaban J connectivity index is 1.83. The second-order valence-electron chi connectivity index (χ2n) is 4.50. The van der Waals surface area contributed by atoms with E-state index in [2.05, 4.69) is 20.3 Å². The number of aromatic nitrogens is 2. The molecule has 0 fully saturated rings. The van der Waals surface area contributed by atoms with E-state index in [0.29, 0.717) is 6.42 Å². The number of nitrogens with one attached hydrogen (secondary N) is 2. The molecule has 1 heterocycles. The van der Waals surface area contributed by atoms with Gasteiger partial charge < -0.3 is 10.1 Å². The monoisotopic (exact) mass is 327 g/mol. The van der Waals surface area contributed by atoms with E-state index in [1.54, 1.807) is 0 Å². The molecule has 0 spiro atoms. The molecule has 6 nitrogen and oxygen atoms in total. The average molecular weight is 327 g/mol. The minimum atomic E-state index is -4.72. The van der Waals surface area contributed by atoms with Crippen molar-refractivity contribution in [2.75, 3.05) is 6.54 Å². The summed E-state index contributed by atoms with van der Waals surface area (Å²) in [5.41, 5.74) is 0.385. The van der Waals surface area contributed by atoms with Crippen LogP contribution in [0.15, 0.2) is 41.2 Å². The quantitative estimate of drug-likeness (QED) is 0.874. The molecule has 1 aromatic heterocycles. The fraction of sp³-hybridized carbons (Fsp3) is 0.214. The third-order valence-corrected chi connectivity index (χ3v) is 2.77. The lowest BCUT2D eigenvalue weighted by molar-refractivity contribution is -0.274. The molecule has 0 radical (unpaired) electrons. The summed E-state index contributed by atoms with van der Waals surface area (Å²) in [5.74, 6) is -0.763. The van der Waals surface area contributed by atoms with E-state index in [0.717, 1.165) is 5.56 Å². The fourth-order valence-electron chi connectivity index (χ4n) is 1.74. The Kier molecular flexibility index (Phi) is 4.99. The third kappa shape index (κ3) is 5.46. The summed E-state index contributed by atoms with van der Waals surface area (Å²) in [6.07, 6.45) is -4.31. The van der Waals surface area contributed by atoms with E-state index < -0.39 is 17.8 Å². The molecule has 0 aliphatic heterocycles. The zero-order valence-corrected chi connectivity index (χ0v) is 11.7. The number of hydrogen-bond donors (Lipinski definition) is 2. The van der Waals surface area contributed by atoms with Gasteiger partial charge in [0, 0.05) is 12.6 Å². The number of aromatic amines is 1. The minimum absolute atomic E-state index is 0.0681. The summed E-state index contributed by atoms with van der Waals surface area (Å²) in [7, 11) is 0. The van der Waals surface area contributed by atoms with Crippen LogP contribution in [-0.2, 0) is 6.42 Å². The van der Waals surface area contributed by atoms with Gasteiger partial charge in [0.2, 0.25) is 0 Å². The highest BCUT2D eigenvalue weighted by Crippen LogP contribution is 2.22. The highest BCUT2D eigenvalue weighted by atomic mass is 19.4. The normalized spacial score (nSPS) is 11.1. The Morgan fingerprint density at radius 2 is 1.87 bits per heavy atom. The Morgan fingerprint density at radius 1 is 1.17 bits per heavy atom. The number of halogens is 3. The predicted octanol–water partition coefficient (Wildman–Crippen LogP) is 1.64. The van der Waals surface area contributed by atoms with E-state index in [4.69, 9.17) is 0 Å². The van der Waals surface area contributed by atoms with Crippen LogP contribution in [-0.4, -0.2) is 29.0 Å². The van der Waals surface area contributed by atoms with E-state index in [-0.39, 0.29) is 18.0 Å². The van der Waals surface area contributed by atoms with Crippen LogP contribution in [0.25, 0.3) is 0 Å². The number of carbonyl (C=O) groups excluding carboxylic acids is 1. The van der Waals surface area contributed by atoms with Crippen molar-refractivity contribution in [3.63, 3.8) is 0 Å². The van der Waals surface area contributed by atoms with Crippen LogP contribution in [0.3, 0.4) is 0 Å². The molecule has 23 heavy (non-hydrogen) atoms. The van der Waals surface area contributed by atoms with Crippen molar-refractivity contribution in [2.24, 2.45) is 0 Å². The van der Waals surface area contributed by atoms with Gasteiger partial charge in [-0.3, -0.25) is 9.59 Å². The van der Waals surface area contributed by atoms with Crippen molar-refractivity contribution in [1.29, 1.82) is 0 Å². The van der Waals surface area contributed by atoms with Gasteiger partial charge in [-0.25, -0.2) is 5.10 Å². The van der Waals surface area contributed by atoms with Gasteiger partial charge in [0.05, 0.1) is 0 Å². The van der Waals surface area contributed by atoms with Crippen molar-refractivity contribution in [3.8, 4) is 5.75 Å². The summed E-state index contributed by atoms with van der Waals surface area (Å²) < 4.78 is 39.8. The molecule has 2 rings (SSSR count). The number of ether oxygens (including phenoxy) is 1. The smallest absolute Gasteiger partial charge is 0.406 e. The van der Waals surface area contributed by atoms with Crippen LogP contribution >= 0.6 is 0 Å². The molecule has 122 valence electrons. The molecular formula is C14H12F3N3O3. The number of amides is 1. The standard InChI is InChI=1S/C14H12F3N3O3/c15-14(16,17)23-10-3-1-9(2-4-10)7-8-18-13(22)11-5-6-12(21)20-19-11/h1-6H,7-8H2,(H,18,22)(H,20,21). The molecule has 0 atom stereocenters. The summed E-state index contributed by atoms with van der Waals surface area (Å²) in [6.45, 7) is 0.263. The van der Waals surface area contributed by atoms with E-state index in [1.165, 1.54) is 36.4 Å². The minimum Gasteiger partial charge on any atom is -0.406 e. The Morgan fingerprint density at radius 3 is 2.43 bits per heavy atom. The van der Waals surface area contributed by atoms with E-state index in [1.807, 2.05) is 0 Å². The fourth-order valence-corrected chi connectivity index (χ4v) is 1.74. The summed E-state index contributed by atoms with van der Waals surface area (Å²) >= 11 is 0. The molecule has 1 amide bonds. The molecule has 0 unspecified atom stereocenters. The topological polar surface area (TPSA) is 84.1 Å².